The van der Waals surface area contributed by atoms with Crippen LogP contribution in [0.15, 0.2) is 35.3 Å². The van der Waals surface area contributed by atoms with E-state index in [9.17, 15) is 0 Å². The molecular formula is C21H31N5S. The Morgan fingerprint density at radius 3 is 2.59 bits per heavy atom. The monoisotopic (exact) mass is 385 g/mol. The molecule has 2 heterocycles. The predicted octanol–water partition coefficient (Wildman–Crippen LogP) is 3.48. The predicted molar refractivity (Wildman–Crippen MR) is 114 cm³/mol. The first-order valence-corrected chi connectivity index (χ1v) is 10.7. The molecule has 146 valence electrons. The lowest BCUT2D eigenvalue weighted by molar-refractivity contribution is 0.198. The highest BCUT2D eigenvalue weighted by molar-refractivity contribution is 7.11. The molecule has 0 amide bonds. The first kappa shape index (κ1) is 19.8. The largest absolute Gasteiger partial charge is 0.357 e. The van der Waals surface area contributed by atoms with Gasteiger partial charge in [0.2, 0.25) is 0 Å². The number of hydrogen-bond acceptors (Lipinski definition) is 4. The topological polar surface area (TPSA) is 52.6 Å². The number of guanidine groups is 1. The molecule has 0 atom stereocenters. The fourth-order valence-electron chi connectivity index (χ4n) is 3.34. The number of benzene rings is 1. The molecule has 2 aromatic rings. The summed E-state index contributed by atoms with van der Waals surface area (Å²) < 4.78 is 0. The molecule has 3 rings (SSSR count). The van der Waals surface area contributed by atoms with Crippen molar-refractivity contribution in [3.8, 4) is 0 Å². The van der Waals surface area contributed by atoms with Crippen molar-refractivity contribution < 1.29 is 0 Å². The SMILES string of the molecule is CCNC(=NCc1nc(C)c(C)s1)NC1CCN(Cc2ccccc2)CC1. The fourth-order valence-corrected chi connectivity index (χ4v) is 4.20. The van der Waals surface area contributed by atoms with E-state index >= 15 is 0 Å². The summed E-state index contributed by atoms with van der Waals surface area (Å²) in [6.45, 7) is 11.1. The molecule has 0 bridgehead atoms. The molecule has 1 aromatic carbocycles. The number of hydrogen-bond donors (Lipinski definition) is 2. The van der Waals surface area contributed by atoms with Crippen molar-refractivity contribution in [3.05, 3.63) is 51.5 Å². The highest BCUT2D eigenvalue weighted by atomic mass is 32.1. The van der Waals surface area contributed by atoms with Gasteiger partial charge in [0.05, 0.1) is 12.2 Å². The van der Waals surface area contributed by atoms with E-state index in [0.717, 1.165) is 55.7 Å². The van der Waals surface area contributed by atoms with Gasteiger partial charge in [0.1, 0.15) is 5.01 Å². The number of aliphatic imine (C=N–C) groups is 1. The highest BCUT2D eigenvalue weighted by Gasteiger charge is 2.20. The molecule has 2 N–H and O–H groups in total. The summed E-state index contributed by atoms with van der Waals surface area (Å²) in [4.78, 5) is 13.2. The maximum atomic E-state index is 4.75. The van der Waals surface area contributed by atoms with Gasteiger partial charge in [-0.1, -0.05) is 30.3 Å². The van der Waals surface area contributed by atoms with E-state index < -0.39 is 0 Å². The highest BCUT2D eigenvalue weighted by Crippen LogP contribution is 2.17. The average molecular weight is 386 g/mol. The number of rotatable bonds is 6. The van der Waals surface area contributed by atoms with Crippen LogP contribution in [0.3, 0.4) is 0 Å². The quantitative estimate of drug-likeness (QED) is 0.590. The van der Waals surface area contributed by atoms with Crippen LogP contribution in [0.1, 0.15) is 40.9 Å². The van der Waals surface area contributed by atoms with Crippen molar-refractivity contribution in [1.29, 1.82) is 0 Å². The Bertz CT molecular complexity index is 713. The lowest BCUT2D eigenvalue weighted by Gasteiger charge is -2.33. The minimum atomic E-state index is 0.481. The summed E-state index contributed by atoms with van der Waals surface area (Å²) in [6.07, 6.45) is 2.29. The number of nitrogens with one attached hydrogen (secondary N) is 2. The zero-order valence-corrected chi connectivity index (χ0v) is 17.5. The van der Waals surface area contributed by atoms with Gasteiger partial charge < -0.3 is 10.6 Å². The van der Waals surface area contributed by atoms with Gasteiger partial charge in [-0.25, -0.2) is 9.98 Å². The molecule has 5 nitrogen and oxygen atoms in total. The van der Waals surface area contributed by atoms with Crippen LogP contribution >= 0.6 is 11.3 Å². The summed E-state index contributed by atoms with van der Waals surface area (Å²) in [6, 6.07) is 11.2. The summed E-state index contributed by atoms with van der Waals surface area (Å²) in [5.74, 6) is 0.907. The van der Waals surface area contributed by atoms with Gasteiger partial charge in [-0.05, 0) is 39.2 Å². The molecule has 27 heavy (non-hydrogen) atoms. The van der Waals surface area contributed by atoms with Gasteiger partial charge in [0, 0.05) is 37.1 Å². The standard InChI is InChI=1S/C21H31N5S/c1-4-22-21(23-14-20-24-16(2)17(3)27-20)25-19-10-12-26(13-11-19)15-18-8-6-5-7-9-18/h5-9,19H,4,10-15H2,1-3H3,(H2,22,23,25). The van der Waals surface area contributed by atoms with Gasteiger partial charge in [0.15, 0.2) is 5.96 Å². The van der Waals surface area contributed by atoms with Crippen molar-refractivity contribution in [2.75, 3.05) is 19.6 Å². The van der Waals surface area contributed by atoms with E-state index in [1.165, 1.54) is 10.4 Å². The normalized spacial score (nSPS) is 16.5. The van der Waals surface area contributed by atoms with E-state index in [-0.39, 0.29) is 0 Å². The van der Waals surface area contributed by atoms with Gasteiger partial charge in [0.25, 0.3) is 0 Å². The average Bonchev–Trinajstić information content (AvgIpc) is 3.00. The van der Waals surface area contributed by atoms with Crippen molar-refractivity contribution in [1.82, 2.24) is 20.5 Å². The molecule has 0 aliphatic carbocycles. The van der Waals surface area contributed by atoms with Crippen LogP contribution in [-0.4, -0.2) is 41.5 Å². The first-order valence-electron chi connectivity index (χ1n) is 9.88. The third kappa shape index (κ3) is 6.04. The van der Waals surface area contributed by atoms with Crippen molar-refractivity contribution >= 4 is 17.3 Å². The van der Waals surface area contributed by atoms with Crippen LogP contribution in [0.4, 0.5) is 0 Å². The molecule has 0 unspecified atom stereocenters. The van der Waals surface area contributed by atoms with E-state index in [0.29, 0.717) is 12.6 Å². The number of piperidine rings is 1. The lowest BCUT2D eigenvalue weighted by atomic mass is 10.0. The van der Waals surface area contributed by atoms with Crippen molar-refractivity contribution in [3.63, 3.8) is 0 Å². The van der Waals surface area contributed by atoms with Crippen LogP contribution in [0, 0.1) is 13.8 Å². The third-order valence-corrected chi connectivity index (χ3v) is 6.02. The number of likely N-dealkylation sites (tertiary alicyclic amines) is 1. The van der Waals surface area contributed by atoms with Crippen LogP contribution in [-0.2, 0) is 13.1 Å². The molecule has 1 saturated heterocycles. The Labute approximate surface area is 166 Å². The van der Waals surface area contributed by atoms with Crippen LogP contribution < -0.4 is 10.6 Å². The first-order chi connectivity index (χ1) is 13.1. The second kappa shape index (κ2) is 9.85. The summed E-state index contributed by atoms with van der Waals surface area (Å²) in [5, 5.41) is 8.08. The summed E-state index contributed by atoms with van der Waals surface area (Å²) in [7, 11) is 0. The Kier molecular flexibility index (Phi) is 7.24. The van der Waals surface area contributed by atoms with E-state index in [1.807, 2.05) is 0 Å². The minimum Gasteiger partial charge on any atom is -0.357 e. The Hall–Kier alpha value is -1.92. The minimum absolute atomic E-state index is 0.481. The smallest absolute Gasteiger partial charge is 0.191 e. The zero-order valence-electron chi connectivity index (χ0n) is 16.7. The fraction of sp³-hybridized carbons (Fsp3) is 0.524. The van der Waals surface area contributed by atoms with Gasteiger partial charge in [-0.2, -0.15) is 0 Å². The van der Waals surface area contributed by atoms with Gasteiger partial charge >= 0.3 is 0 Å². The zero-order chi connectivity index (χ0) is 19.1. The second-order valence-electron chi connectivity index (χ2n) is 7.12. The molecule has 0 saturated carbocycles. The maximum Gasteiger partial charge on any atom is 0.191 e. The molecule has 0 radical (unpaired) electrons. The van der Waals surface area contributed by atoms with Crippen molar-refractivity contribution in [2.24, 2.45) is 4.99 Å². The summed E-state index contributed by atoms with van der Waals surface area (Å²) >= 11 is 1.74. The molecule has 1 aliphatic heterocycles. The lowest BCUT2D eigenvalue weighted by Crippen LogP contribution is -2.48. The van der Waals surface area contributed by atoms with Crippen LogP contribution in [0.2, 0.25) is 0 Å². The van der Waals surface area contributed by atoms with Crippen LogP contribution in [0.25, 0.3) is 0 Å². The molecule has 1 aliphatic rings. The number of aryl methyl sites for hydroxylation is 2. The third-order valence-electron chi connectivity index (χ3n) is 4.97. The van der Waals surface area contributed by atoms with Crippen LogP contribution in [0.5, 0.6) is 0 Å². The van der Waals surface area contributed by atoms with Crippen molar-refractivity contribution in [2.45, 2.75) is 52.7 Å². The molecule has 1 aromatic heterocycles. The number of thiazole rings is 1. The van der Waals surface area contributed by atoms with E-state index in [4.69, 9.17) is 4.99 Å². The molecule has 0 spiro atoms. The molecule has 1 fully saturated rings. The molecular weight excluding hydrogens is 354 g/mol. The Morgan fingerprint density at radius 1 is 1.22 bits per heavy atom. The molecule has 6 heteroatoms. The Balaban J connectivity index is 1.49. The maximum absolute atomic E-state index is 4.75. The number of nitrogens with zero attached hydrogens (tertiary/aromatic N) is 3. The van der Waals surface area contributed by atoms with Gasteiger partial charge in [-0.3, -0.25) is 4.90 Å². The van der Waals surface area contributed by atoms with E-state index in [1.54, 1.807) is 11.3 Å². The second-order valence-corrected chi connectivity index (χ2v) is 8.41. The Morgan fingerprint density at radius 2 is 1.96 bits per heavy atom. The van der Waals surface area contributed by atoms with Gasteiger partial charge in [-0.15, -0.1) is 11.3 Å². The summed E-state index contributed by atoms with van der Waals surface area (Å²) in [5.41, 5.74) is 2.52. The number of aromatic nitrogens is 1. The van der Waals surface area contributed by atoms with E-state index in [2.05, 4.69) is 71.6 Å².